The Balaban J connectivity index is 2.90. The zero-order valence-corrected chi connectivity index (χ0v) is 15.1. The van der Waals surface area contributed by atoms with Crippen LogP contribution in [0.2, 0.25) is 5.02 Å². The van der Waals surface area contributed by atoms with Gasteiger partial charge in [-0.2, -0.15) is 4.72 Å². The predicted octanol–water partition coefficient (Wildman–Crippen LogP) is 2.32. The van der Waals surface area contributed by atoms with E-state index in [1.54, 1.807) is 13.0 Å². The van der Waals surface area contributed by atoms with Crippen LogP contribution in [0.1, 0.15) is 33.6 Å². The second-order valence-corrected chi connectivity index (χ2v) is 7.13. The topological polar surface area (TPSA) is 84.5 Å². The molecule has 0 saturated carbocycles. The fourth-order valence-corrected chi connectivity index (χ4v) is 3.47. The van der Waals surface area contributed by atoms with E-state index >= 15 is 0 Å². The monoisotopic (exact) mass is 362 g/mol. The Morgan fingerprint density at radius 2 is 2.04 bits per heavy atom. The summed E-state index contributed by atoms with van der Waals surface area (Å²) >= 11 is 5.88. The Bertz CT molecular complexity index is 634. The average Bonchev–Trinajstić information content (AvgIpc) is 2.49. The Labute approximate surface area is 142 Å². The number of benzene rings is 1. The lowest BCUT2D eigenvalue weighted by Gasteiger charge is -2.16. The summed E-state index contributed by atoms with van der Waals surface area (Å²) in [5, 5.41) is 2.96. The lowest BCUT2D eigenvalue weighted by atomic mass is 10.3. The molecular formula is C15H23ClN2O4S. The normalized spacial score (nSPS) is 12.7. The SMILES string of the molecule is CCCCNC(=O)C(C)NS(=O)(=O)c1cc(Cl)ccc1OCC. The van der Waals surface area contributed by atoms with E-state index in [1.807, 2.05) is 6.92 Å². The molecule has 0 aliphatic heterocycles. The van der Waals surface area contributed by atoms with Gasteiger partial charge in [0.1, 0.15) is 10.6 Å². The van der Waals surface area contributed by atoms with Crippen molar-refractivity contribution >= 4 is 27.5 Å². The largest absolute Gasteiger partial charge is 0.492 e. The zero-order chi connectivity index (χ0) is 17.5. The molecule has 1 aromatic carbocycles. The molecule has 1 atom stereocenters. The molecule has 0 aromatic heterocycles. The number of unbranched alkanes of at least 4 members (excludes halogenated alkanes) is 1. The molecule has 6 nitrogen and oxygen atoms in total. The van der Waals surface area contributed by atoms with Crippen molar-refractivity contribution in [1.82, 2.24) is 10.0 Å². The van der Waals surface area contributed by atoms with Gasteiger partial charge in [-0.25, -0.2) is 8.42 Å². The summed E-state index contributed by atoms with van der Waals surface area (Å²) in [7, 11) is -3.93. The molecule has 0 spiro atoms. The minimum Gasteiger partial charge on any atom is -0.492 e. The van der Waals surface area contributed by atoms with E-state index < -0.39 is 16.1 Å². The summed E-state index contributed by atoms with van der Waals surface area (Å²) in [5.41, 5.74) is 0. The average molecular weight is 363 g/mol. The minimum atomic E-state index is -3.93. The van der Waals surface area contributed by atoms with Gasteiger partial charge in [-0.05, 0) is 38.5 Å². The highest BCUT2D eigenvalue weighted by atomic mass is 35.5. The number of carbonyl (C=O) groups excluding carboxylic acids is 1. The van der Waals surface area contributed by atoms with Gasteiger partial charge < -0.3 is 10.1 Å². The summed E-state index contributed by atoms with van der Waals surface area (Å²) in [5.74, 6) is -0.176. The van der Waals surface area contributed by atoms with Crippen molar-refractivity contribution in [3.05, 3.63) is 23.2 Å². The highest BCUT2D eigenvalue weighted by Crippen LogP contribution is 2.27. The Kier molecular flexibility index (Phi) is 7.81. The number of hydrogen-bond donors (Lipinski definition) is 2. The lowest BCUT2D eigenvalue weighted by molar-refractivity contribution is -0.122. The van der Waals surface area contributed by atoms with E-state index in [4.69, 9.17) is 16.3 Å². The van der Waals surface area contributed by atoms with E-state index in [0.717, 1.165) is 12.8 Å². The van der Waals surface area contributed by atoms with Crippen LogP contribution in [0.4, 0.5) is 0 Å². The first-order valence-electron chi connectivity index (χ1n) is 7.54. The number of hydrogen-bond acceptors (Lipinski definition) is 4. The molecule has 0 heterocycles. The van der Waals surface area contributed by atoms with Gasteiger partial charge in [0.25, 0.3) is 0 Å². The van der Waals surface area contributed by atoms with Gasteiger partial charge in [0.05, 0.1) is 12.6 Å². The maximum Gasteiger partial charge on any atom is 0.245 e. The van der Waals surface area contributed by atoms with E-state index in [9.17, 15) is 13.2 Å². The molecule has 1 rings (SSSR count). The fourth-order valence-electron chi connectivity index (χ4n) is 1.86. The van der Waals surface area contributed by atoms with Crippen LogP contribution in [-0.4, -0.2) is 33.5 Å². The van der Waals surface area contributed by atoms with Crippen molar-refractivity contribution in [1.29, 1.82) is 0 Å². The van der Waals surface area contributed by atoms with Gasteiger partial charge in [-0.15, -0.1) is 0 Å². The van der Waals surface area contributed by atoms with Crippen molar-refractivity contribution < 1.29 is 17.9 Å². The van der Waals surface area contributed by atoms with Gasteiger partial charge >= 0.3 is 0 Å². The molecule has 0 bridgehead atoms. The molecule has 2 N–H and O–H groups in total. The molecular weight excluding hydrogens is 340 g/mol. The summed E-state index contributed by atoms with van der Waals surface area (Å²) in [4.78, 5) is 11.8. The number of sulfonamides is 1. The quantitative estimate of drug-likeness (QED) is 0.660. The first kappa shape index (κ1) is 19.7. The molecule has 1 aromatic rings. The molecule has 0 fully saturated rings. The third-order valence-electron chi connectivity index (χ3n) is 3.05. The van der Waals surface area contributed by atoms with Crippen LogP contribution in [0.3, 0.4) is 0 Å². The number of nitrogens with one attached hydrogen (secondary N) is 2. The van der Waals surface area contributed by atoms with Crippen LogP contribution in [0.15, 0.2) is 23.1 Å². The predicted molar refractivity (Wildman–Crippen MR) is 90.3 cm³/mol. The van der Waals surface area contributed by atoms with Crippen molar-refractivity contribution in [3.8, 4) is 5.75 Å². The van der Waals surface area contributed by atoms with Gasteiger partial charge in [0, 0.05) is 11.6 Å². The zero-order valence-electron chi connectivity index (χ0n) is 13.6. The van der Waals surface area contributed by atoms with Crippen LogP contribution in [-0.2, 0) is 14.8 Å². The smallest absolute Gasteiger partial charge is 0.245 e. The highest BCUT2D eigenvalue weighted by Gasteiger charge is 2.25. The molecule has 0 aliphatic carbocycles. The lowest BCUT2D eigenvalue weighted by Crippen LogP contribution is -2.45. The van der Waals surface area contributed by atoms with Crippen LogP contribution in [0, 0.1) is 0 Å². The van der Waals surface area contributed by atoms with Crippen LogP contribution in [0.25, 0.3) is 0 Å². The summed E-state index contributed by atoms with van der Waals surface area (Å²) in [6, 6.07) is 3.44. The van der Waals surface area contributed by atoms with E-state index in [0.29, 0.717) is 13.2 Å². The van der Waals surface area contributed by atoms with Crippen molar-refractivity contribution in [2.75, 3.05) is 13.2 Å². The molecule has 1 amide bonds. The molecule has 8 heteroatoms. The third kappa shape index (κ3) is 6.01. The standard InChI is InChI=1S/C15H23ClN2O4S/c1-4-6-9-17-15(19)11(3)18-23(20,21)14-10-12(16)7-8-13(14)22-5-2/h7-8,10-11,18H,4-6,9H2,1-3H3,(H,17,19). The molecule has 0 saturated heterocycles. The van der Waals surface area contributed by atoms with Crippen molar-refractivity contribution in [3.63, 3.8) is 0 Å². The number of rotatable bonds is 9. The molecule has 23 heavy (non-hydrogen) atoms. The van der Waals surface area contributed by atoms with Gasteiger partial charge in [0.15, 0.2) is 0 Å². The summed E-state index contributed by atoms with van der Waals surface area (Å²) in [6.07, 6.45) is 1.79. The number of carbonyl (C=O) groups is 1. The third-order valence-corrected chi connectivity index (χ3v) is 4.85. The Morgan fingerprint density at radius 3 is 2.65 bits per heavy atom. The Hall–Kier alpha value is -1.31. The maximum atomic E-state index is 12.5. The van der Waals surface area contributed by atoms with Crippen molar-refractivity contribution in [2.24, 2.45) is 0 Å². The number of ether oxygens (including phenoxy) is 1. The highest BCUT2D eigenvalue weighted by molar-refractivity contribution is 7.89. The molecule has 130 valence electrons. The molecule has 1 unspecified atom stereocenters. The first-order chi connectivity index (χ1) is 10.8. The maximum absolute atomic E-state index is 12.5. The number of halogens is 1. The van der Waals surface area contributed by atoms with E-state index in [1.165, 1.54) is 19.1 Å². The molecule has 0 radical (unpaired) electrons. The second kappa shape index (κ2) is 9.10. The van der Waals surface area contributed by atoms with Gasteiger partial charge in [-0.1, -0.05) is 24.9 Å². The Morgan fingerprint density at radius 1 is 1.35 bits per heavy atom. The van der Waals surface area contributed by atoms with Crippen LogP contribution in [0.5, 0.6) is 5.75 Å². The van der Waals surface area contributed by atoms with E-state index in [2.05, 4.69) is 10.0 Å². The van der Waals surface area contributed by atoms with Crippen molar-refractivity contribution in [2.45, 2.75) is 44.6 Å². The second-order valence-electron chi connectivity index (χ2n) is 5.01. The van der Waals surface area contributed by atoms with Crippen LogP contribution < -0.4 is 14.8 Å². The van der Waals surface area contributed by atoms with Gasteiger partial charge in [-0.3, -0.25) is 4.79 Å². The molecule has 0 aliphatic rings. The van der Waals surface area contributed by atoms with Gasteiger partial charge in [0.2, 0.25) is 15.9 Å². The minimum absolute atomic E-state index is 0.0833. The first-order valence-corrected chi connectivity index (χ1v) is 9.40. The van der Waals surface area contributed by atoms with E-state index in [-0.39, 0.29) is 21.6 Å². The number of amides is 1. The van der Waals surface area contributed by atoms with Crippen LogP contribution >= 0.6 is 11.6 Å². The fraction of sp³-hybridized carbons (Fsp3) is 0.533. The summed E-state index contributed by atoms with van der Waals surface area (Å²) in [6.45, 7) is 6.08. The summed E-state index contributed by atoms with van der Waals surface area (Å²) < 4.78 is 32.7.